The van der Waals surface area contributed by atoms with Gasteiger partial charge >= 0.3 is 0 Å². The number of hydrogen-bond acceptors (Lipinski definition) is 4. The van der Waals surface area contributed by atoms with E-state index in [0.29, 0.717) is 13.3 Å². The van der Waals surface area contributed by atoms with Gasteiger partial charge in [-0.1, -0.05) is 18.2 Å². The smallest absolute Gasteiger partial charge is 0.231 e. The molecule has 6 nitrogen and oxygen atoms in total. The maximum absolute atomic E-state index is 9.52. The van der Waals surface area contributed by atoms with Crippen molar-refractivity contribution in [3.63, 3.8) is 0 Å². The van der Waals surface area contributed by atoms with Crippen molar-refractivity contribution in [2.45, 2.75) is 19.9 Å². The molecule has 25 heavy (non-hydrogen) atoms. The first-order valence-corrected chi connectivity index (χ1v) is 8.43. The number of nitrogens with one attached hydrogen (secondary N) is 2. The Morgan fingerprint density at radius 1 is 1.08 bits per heavy atom. The van der Waals surface area contributed by atoms with Gasteiger partial charge in [-0.25, -0.2) is 4.99 Å². The number of phenolic OH excluding ortho intramolecular Hbond substituents is 1. The summed E-state index contributed by atoms with van der Waals surface area (Å²) in [6, 6.07) is 13.1. The van der Waals surface area contributed by atoms with Crippen molar-refractivity contribution in [3.8, 4) is 17.2 Å². The van der Waals surface area contributed by atoms with Crippen LogP contribution in [0.25, 0.3) is 0 Å². The third-order valence-electron chi connectivity index (χ3n) is 3.82. The van der Waals surface area contributed by atoms with Gasteiger partial charge in [0.15, 0.2) is 17.5 Å². The Kier molecular flexibility index (Phi) is 5.61. The third-order valence-corrected chi connectivity index (χ3v) is 3.82. The summed E-state index contributed by atoms with van der Waals surface area (Å²) in [4.78, 5) is 4.55. The first-order chi connectivity index (χ1) is 12.2. The van der Waals surface area contributed by atoms with Gasteiger partial charge in [-0.05, 0) is 48.7 Å². The molecular formula is C19H23N3O3. The number of fused-ring (bicyclic) bond motifs is 1. The summed E-state index contributed by atoms with van der Waals surface area (Å²) in [6.45, 7) is 4.38. The van der Waals surface area contributed by atoms with E-state index in [2.05, 4.69) is 15.6 Å². The SMILES string of the molecule is CCNC(=NCc1cccc(O)c1)NCCc1ccc2c(c1)OCO2. The molecule has 0 amide bonds. The van der Waals surface area contributed by atoms with Gasteiger partial charge in [0.1, 0.15) is 5.75 Å². The molecule has 0 fully saturated rings. The van der Waals surface area contributed by atoms with Gasteiger partial charge in [0.2, 0.25) is 6.79 Å². The van der Waals surface area contributed by atoms with E-state index in [9.17, 15) is 5.11 Å². The van der Waals surface area contributed by atoms with Crippen LogP contribution in [-0.2, 0) is 13.0 Å². The minimum absolute atomic E-state index is 0.258. The van der Waals surface area contributed by atoms with Gasteiger partial charge < -0.3 is 25.2 Å². The van der Waals surface area contributed by atoms with Crippen LogP contribution in [0.15, 0.2) is 47.5 Å². The van der Waals surface area contributed by atoms with Gasteiger partial charge in [0.05, 0.1) is 6.54 Å². The molecule has 3 rings (SSSR count). The maximum Gasteiger partial charge on any atom is 0.231 e. The highest BCUT2D eigenvalue weighted by Crippen LogP contribution is 2.32. The molecule has 0 atom stereocenters. The zero-order valence-corrected chi connectivity index (χ0v) is 14.3. The van der Waals surface area contributed by atoms with Crippen LogP contribution in [-0.4, -0.2) is 30.9 Å². The average Bonchev–Trinajstić information content (AvgIpc) is 3.07. The first-order valence-electron chi connectivity index (χ1n) is 8.43. The molecule has 6 heteroatoms. The minimum atomic E-state index is 0.258. The Bertz CT molecular complexity index is 746. The lowest BCUT2D eigenvalue weighted by atomic mass is 10.1. The number of nitrogens with zero attached hydrogens (tertiary/aromatic N) is 1. The summed E-state index contributed by atoms with van der Waals surface area (Å²) >= 11 is 0. The fraction of sp³-hybridized carbons (Fsp3) is 0.316. The highest BCUT2D eigenvalue weighted by molar-refractivity contribution is 5.79. The summed E-state index contributed by atoms with van der Waals surface area (Å²) in [7, 11) is 0. The molecular weight excluding hydrogens is 318 g/mol. The van der Waals surface area contributed by atoms with Crippen molar-refractivity contribution in [1.29, 1.82) is 0 Å². The zero-order valence-electron chi connectivity index (χ0n) is 14.3. The Balaban J connectivity index is 1.53. The van der Waals surface area contributed by atoms with Crippen LogP contribution >= 0.6 is 0 Å². The van der Waals surface area contributed by atoms with Crippen molar-refractivity contribution in [2.75, 3.05) is 19.9 Å². The van der Waals surface area contributed by atoms with E-state index in [-0.39, 0.29) is 5.75 Å². The Hall–Kier alpha value is -2.89. The highest BCUT2D eigenvalue weighted by atomic mass is 16.7. The van der Waals surface area contributed by atoms with Crippen molar-refractivity contribution < 1.29 is 14.6 Å². The van der Waals surface area contributed by atoms with Gasteiger partial charge in [-0.3, -0.25) is 0 Å². The molecule has 1 aliphatic rings. The monoisotopic (exact) mass is 341 g/mol. The van der Waals surface area contributed by atoms with E-state index < -0.39 is 0 Å². The molecule has 0 spiro atoms. The van der Waals surface area contributed by atoms with Crippen LogP contribution in [0.1, 0.15) is 18.1 Å². The van der Waals surface area contributed by atoms with Crippen LogP contribution in [0.3, 0.4) is 0 Å². The van der Waals surface area contributed by atoms with Gasteiger partial charge in [0, 0.05) is 13.1 Å². The molecule has 2 aromatic rings. The highest BCUT2D eigenvalue weighted by Gasteiger charge is 2.12. The topological polar surface area (TPSA) is 75.1 Å². The molecule has 2 aromatic carbocycles. The second-order valence-electron chi connectivity index (χ2n) is 5.73. The summed E-state index contributed by atoms with van der Waals surface area (Å²) in [5.74, 6) is 2.62. The summed E-state index contributed by atoms with van der Waals surface area (Å²) < 4.78 is 10.7. The number of phenols is 1. The Morgan fingerprint density at radius 3 is 2.80 bits per heavy atom. The van der Waals surface area contributed by atoms with E-state index in [1.165, 1.54) is 5.56 Å². The summed E-state index contributed by atoms with van der Waals surface area (Å²) in [6.07, 6.45) is 0.854. The predicted molar refractivity (Wildman–Crippen MR) is 97.2 cm³/mol. The lowest BCUT2D eigenvalue weighted by Crippen LogP contribution is -2.38. The van der Waals surface area contributed by atoms with Gasteiger partial charge in [0.25, 0.3) is 0 Å². The number of rotatable bonds is 6. The van der Waals surface area contributed by atoms with E-state index in [1.807, 2.05) is 37.3 Å². The molecule has 0 unspecified atom stereocenters. The average molecular weight is 341 g/mol. The Labute approximate surface area is 147 Å². The van der Waals surface area contributed by atoms with E-state index >= 15 is 0 Å². The molecule has 0 bridgehead atoms. The second-order valence-corrected chi connectivity index (χ2v) is 5.73. The summed E-state index contributed by atoms with van der Waals surface area (Å²) in [5.41, 5.74) is 2.15. The molecule has 0 aliphatic carbocycles. The number of benzene rings is 2. The number of guanidine groups is 1. The molecule has 0 aromatic heterocycles. The van der Waals surface area contributed by atoms with Crippen LogP contribution in [0.2, 0.25) is 0 Å². The molecule has 0 saturated heterocycles. The fourth-order valence-corrected chi connectivity index (χ4v) is 2.59. The van der Waals surface area contributed by atoms with E-state index in [1.54, 1.807) is 12.1 Å². The normalized spacial score (nSPS) is 12.9. The molecule has 132 valence electrons. The molecule has 0 radical (unpaired) electrons. The lowest BCUT2D eigenvalue weighted by molar-refractivity contribution is 0.174. The van der Waals surface area contributed by atoms with Gasteiger partial charge in [-0.2, -0.15) is 0 Å². The third kappa shape index (κ3) is 4.79. The van der Waals surface area contributed by atoms with Gasteiger partial charge in [-0.15, -0.1) is 0 Å². The Morgan fingerprint density at radius 2 is 1.96 bits per heavy atom. The van der Waals surface area contributed by atoms with Crippen LogP contribution < -0.4 is 20.1 Å². The number of aromatic hydroxyl groups is 1. The molecule has 1 aliphatic heterocycles. The molecule has 3 N–H and O–H groups in total. The van der Waals surface area contributed by atoms with E-state index in [0.717, 1.165) is 42.5 Å². The largest absolute Gasteiger partial charge is 0.508 e. The lowest BCUT2D eigenvalue weighted by Gasteiger charge is -2.11. The van der Waals surface area contributed by atoms with E-state index in [4.69, 9.17) is 9.47 Å². The quantitative estimate of drug-likeness (QED) is 0.556. The maximum atomic E-state index is 9.52. The number of hydrogen-bond donors (Lipinski definition) is 3. The van der Waals surface area contributed by atoms with Crippen LogP contribution in [0.5, 0.6) is 17.2 Å². The van der Waals surface area contributed by atoms with Crippen molar-refractivity contribution in [2.24, 2.45) is 4.99 Å². The first kappa shape index (κ1) is 17.0. The molecule has 0 saturated carbocycles. The van der Waals surface area contributed by atoms with Crippen LogP contribution in [0.4, 0.5) is 0 Å². The van der Waals surface area contributed by atoms with Crippen molar-refractivity contribution in [3.05, 3.63) is 53.6 Å². The predicted octanol–water partition coefficient (Wildman–Crippen LogP) is 2.42. The molecule has 1 heterocycles. The fourth-order valence-electron chi connectivity index (χ4n) is 2.59. The van der Waals surface area contributed by atoms with Crippen molar-refractivity contribution >= 4 is 5.96 Å². The number of aliphatic imine (C=N–C) groups is 1. The zero-order chi connectivity index (χ0) is 17.5. The standard InChI is InChI=1S/C19H23N3O3/c1-2-20-19(22-12-15-4-3-5-16(23)10-15)21-9-8-14-6-7-17-18(11-14)25-13-24-17/h3-7,10-11,23H,2,8-9,12-13H2,1H3,(H2,20,21,22). The second kappa shape index (κ2) is 8.28. The van der Waals surface area contributed by atoms with Crippen LogP contribution in [0, 0.1) is 0 Å². The summed E-state index contributed by atoms with van der Waals surface area (Å²) in [5, 5.41) is 16.1. The van der Waals surface area contributed by atoms with Crippen molar-refractivity contribution in [1.82, 2.24) is 10.6 Å². The number of ether oxygens (including phenoxy) is 2. The minimum Gasteiger partial charge on any atom is -0.508 e.